The number of aliphatic hydroxyl groups is 2. The number of hydrogen-bond acceptors (Lipinski definition) is 3. The highest BCUT2D eigenvalue weighted by atomic mass is 16.6. The lowest BCUT2D eigenvalue weighted by Crippen LogP contribution is -2.57. The zero-order valence-corrected chi connectivity index (χ0v) is 19.9. The Hall–Kier alpha value is -0.380. The molecule has 30 heavy (non-hydrogen) atoms. The lowest BCUT2D eigenvalue weighted by molar-refractivity contribution is -0.152. The van der Waals surface area contributed by atoms with Gasteiger partial charge in [-0.15, -0.1) is 0 Å². The Morgan fingerprint density at radius 2 is 1.80 bits per heavy atom. The summed E-state index contributed by atoms with van der Waals surface area (Å²) in [6.45, 7) is 11.7. The van der Waals surface area contributed by atoms with Crippen molar-refractivity contribution in [1.82, 2.24) is 0 Å². The average molecular weight is 417 g/mol. The van der Waals surface area contributed by atoms with Crippen molar-refractivity contribution < 1.29 is 14.9 Å². The highest BCUT2D eigenvalue weighted by Crippen LogP contribution is 2.69. The summed E-state index contributed by atoms with van der Waals surface area (Å²) >= 11 is 0. The van der Waals surface area contributed by atoms with E-state index in [2.05, 4.69) is 40.7 Å². The fraction of sp³-hybridized carbons (Fsp3) is 0.926. The monoisotopic (exact) mass is 416 g/mol. The minimum atomic E-state index is -0.591. The number of rotatable bonds is 4. The first kappa shape index (κ1) is 21.5. The second kappa shape index (κ2) is 7.06. The first-order valence-electron chi connectivity index (χ1n) is 12.9. The summed E-state index contributed by atoms with van der Waals surface area (Å²) in [6, 6.07) is 0. The molecule has 10 atom stereocenters. The van der Waals surface area contributed by atoms with Gasteiger partial charge in [-0.1, -0.05) is 46.3 Å². The first-order valence-corrected chi connectivity index (χ1v) is 12.9. The molecule has 0 aromatic carbocycles. The van der Waals surface area contributed by atoms with Gasteiger partial charge < -0.3 is 14.9 Å². The van der Waals surface area contributed by atoms with Gasteiger partial charge in [-0.2, -0.15) is 0 Å². The second-order valence-corrected chi connectivity index (χ2v) is 12.6. The van der Waals surface area contributed by atoms with Crippen molar-refractivity contribution >= 4 is 0 Å². The summed E-state index contributed by atoms with van der Waals surface area (Å²) in [7, 11) is 0. The normalized spacial score (nSPS) is 53.5. The predicted molar refractivity (Wildman–Crippen MR) is 120 cm³/mol. The SMILES string of the molecule is CC(C)CC1OC1C(C)[C@@]1(O)CCC2C3CC=C4C[C@@H](O)CC[C@]4(C)C3CC[C@@]21C. The largest absolute Gasteiger partial charge is 0.393 e. The molecule has 1 heterocycles. The molecule has 0 amide bonds. The number of epoxide rings is 1. The summed E-state index contributed by atoms with van der Waals surface area (Å²) in [4.78, 5) is 0. The third-order valence-electron chi connectivity index (χ3n) is 10.9. The predicted octanol–water partition coefficient (Wildman–Crippen LogP) is 5.49. The van der Waals surface area contributed by atoms with Crippen LogP contribution in [-0.4, -0.2) is 34.1 Å². The maximum absolute atomic E-state index is 12.2. The highest BCUT2D eigenvalue weighted by molar-refractivity contribution is 5.26. The standard InChI is InChI=1S/C27H44O3/c1-16(2)14-23-24(30-23)17(3)27(29)13-10-22-20-7-6-18-15-19(28)8-11-25(18,4)21(20)9-12-26(22,27)5/h6,16-17,19-24,28-29H,7-15H2,1-5H3/t17?,19-,20?,21?,22?,23?,24?,25-,26-,27-/m0/s1. The van der Waals surface area contributed by atoms with Gasteiger partial charge in [0.2, 0.25) is 0 Å². The van der Waals surface area contributed by atoms with Gasteiger partial charge in [-0.25, -0.2) is 0 Å². The minimum Gasteiger partial charge on any atom is -0.393 e. The van der Waals surface area contributed by atoms with E-state index in [0.717, 1.165) is 50.9 Å². The Morgan fingerprint density at radius 1 is 1.07 bits per heavy atom. The first-order chi connectivity index (χ1) is 14.1. The molecule has 0 radical (unpaired) electrons. The van der Waals surface area contributed by atoms with E-state index in [9.17, 15) is 10.2 Å². The maximum Gasteiger partial charge on any atom is 0.0895 e. The molecule has 4 fully saturated rings. The molecular weight excluding hydrogens is 372 g/mol. The number of hydrogen-bond donors (Lipinski definition) is 2. The van der Waals surface area contributed by atoms with Crippen LogP contribution >= 0.6 is 0 Å². The molecule has 0 aromatic heterocycles. The fourth-order valence-corrected chi connectivity index (χ4v) is 8.96. The van der Waals surface area contributed by atoms with Crippen LogP contribution in [0.15, 0.2) is 11.6 Å². The Morgan fingerprint density at radius 3 is 2.53 bits per heavy atom. The molecule has 3 saturated carbocycles. The zero-order chi connectivity index (χ0) is 21.5. The van der Waals surface area contributed by atoms with Crippen LogP contribution in [-0.2, 0) is 4.74 Å². The maximum atomic E-state index is 12.2. The molecular formula is C27H44O3. The Bertz CT molecular complexity index is 715. The molecule has 6 unspecified atom stereocenters. The third kappa shape index (κ3) is 2.94. The van der Waals surface area contributed by atoms with E-state index >= 15 is 0 Å². The molecule has 5 rings (SSSR count). The number of fused-ring (bicyclic) bond motifs is 5. The van der Waals surface area contributed by atoms with Crippen LogP contribution < -0.4 is 0 Å². The summed E-state index contributed by atoms with van der Waals surface area (Å²) in [5, 5.41) is 22.4. The van der Waals surface area contributed by atoms with Crippen LogP contribution in [0.3, 0.4) is 0 Å². The van der Waals surface area contributed by atoms with E-state index in [1.807, 2.05) is 0 Å². The fourth-order valence-electron chi connectivity index (χ4n) is 8.96. The van der Waals surface area contributed by atoms with E-state index in [0.29, 0.717) is 23.9 Å². The van der Waals surface area contributed by atoms with Gasteiger partial charge in [-0.05, 0) is 92.3 Å². The Kier molecular flexibility index (Phi) is 5.05. The minimum absolute atomic E-state index is 0.0117. The molecule has 0 spiro atoms. The van der Waals surface area contributed by atoms with E-state index in [1.165, 1.54) is 18.4 Å². The van der Waals surface area contributed by atoms with Crippen LogP contribution in [0.5, 0.6) is 0 Å². The lowest BCUT2D eigenvalue weighted by Gasteiger charge is -2.59. The van der Waals surface area contributed by atoms with E-state index in [1.54, 1.807) is 0 Å². The average Bonchev–Trinajstić information content (AvgIpc) is 3.38. The van der Waals surface area contributed by atoms with Crippen molar-refractivity contribution in [3.8, 4) is 0 Å². The van der Waals surface area contributed by atoms with Gasteiger partial charge in [0.25, 0.3) is 0 Å². The molecule has 2 N–H and O–H groups in total. The molecule has 4 aliphatic carbocycles. The van der Waals surface area contributed by atoms with Crippen molar-refractivity contribution in [3.63, 3.8) is 0 Å². The number of aliphatic hydroxyl groups excluding tert-OH is 1. The van der Waals surface area contributed by atoms with E-state index < -0.39 is 5.60 Å². The van der Waals surface area contributed by atoms with E-state index in [4.69, 9.17) is 4.74 Å². The summed E-state index contributed by atoms with van der Waals surface area (Å²) in [5.41, 5.74) is 1.23. The van der Waals surface area contributed by atoms with Crippen LogP contribution in [0.4, 0.5) is 0 Å². The Balaban J connectivity index is 1.38. The van der Waals surface area contributed by atoms with Gasteiger partial charge in [-0.3, -0.25) is 0 Å². The summed E-state index contributed by atoms with van der Waals surface area (Å²) < 4.78 is 6.10. The Labute approximate surface area is 183 Å². The highest BCUT2D eigenvalue weighted by Gasteiger charge is 2.67. The molecule has 1 saturated heterocycles. The van der Waals surface area contributed by atoms with Gasteiger partial charge >= 0.3 is 0 Å². The second-order valence-electron chi connectivity index (χ2n) is 12.6. The molecule has 5 aliphatic rings. The molecule has 0 bridgehead atoms. The van der Waals surface area contributed by atoms with Crippen molar-refractivity contribution in [2.24, 2.45) is 40.4 Å². The van der Waals surface area contributed by atoms with Crippen molar-refractivity contribution in [2.45, 2.75) is 116 Å². The van der Waals surface area contributed by atoms with Crippen molar-refractivity contribution in [3.05, 3.63) is 11.6 Å². The van der Waals surface area contributed by atoms with E-state index in [-0.39, 0.29) is 29.0 Å². The molecule has 0 aromatic rings. The zero-order valence-electron chi connectivity index (χ0n) is 19.9. The topological polar surface area (TPSA) is 53.0 Å². The quantitative estimate of drug-likeness (QED) is 0.470. The van der Waals surface area contributed by atoms with Gasteiger partial charge in [0.1, 0.15) is 0 Å². The summed E-state index contributed by atoms with van der Waals surface area (Å²) in [5.74, 6) is 2.92. The number of ether oxygens (including phenoxy) is 1. The number of allylic oxidation sites excluding steroid dienone is 1. The molecule has 170 valence electrons. The molecule has 3 nitrogen and oxygen atoms in total. The van der Waals surface area contributed by atoms with Crippen LogP contribution in [0, 0.1) is 40.4 Å². The third-order valence-corrected chi connectivity index (χ3v) is 10.9. The van der Waals surface area contributed by atoms with Gasteiger partial charge in [0, 0.05) is 5.92 Å². The van der Waals surface area contributed by atoms with Crippen LogP contribution in [0.25, 0.3) is 0 Å². The van der Waals surface area contributed by atoms with Crippen molar-refractivity contribution in [2.75, 3.05) is 0 Å². The lowest BCUT2D eigenvalue weighted by atomic mass is 9.46. The molecule has 3 heteroatoms. The van der Waals surface area contributed by atoms with Crippen LogP contribution in [0.2, 0.25) is 0 Å². The van der Waals surface area contributed by atoms with Crippen LogP contribution in [0.1, 0.15) is 92.4 Å². The molecule has 1 aliphatic heterocycles. The summed E-state index contributed by atoms with van der Waals surface area (Å²) in [6.07, 6.45) is 12.7. The van der Waals surface area contributed by atoms with Crippen molar-refractivity contribution in [1.29, 1.82) is 0 Å². The van der Waals surface area contributed by atoms with Gasteiger partial charge in [0.05, 0.1) is 23.9 Å². The van der Waals surface area contributed by atoms with Gasteiger partial charge in [0.15, 0.2) is 0 Å². The smallest absolute Gasteiger partial charge is 0.0895 e.